The first-order valence-electron chi connectivity index (χ1n) is 4.42. The van der Waals surface area contributed by atoms with Gasteiger partial charge in [-0.3, -0.25) is 4.79 Å². The lowest BCUT2D eigenvalue weighted by molar-refractivity contribution is -0.146. The second-order valence-electron chi connectivity index (χ2n) is 4.09. The van der Waals surface area contributed by atoms with Crippen LogP contribution < -0.4 is 0 Å². The zero-order chi connectivity index (χ0) is 7.64. The molecule has 3 saturated carbocycles. The van der Waals surface area contributed by atoms with E-state index in [1.54, 1.807) is 0 Å². The predicted molar refractivity (Wildman–Crippen MR) is 38.8 cm³/mol. The van der Waals surface area contributed by atoms with Crippen molar-refractivity contribution in [2.45, 2.75) is 19.3 Å². The van der Waals surface area contributed by atoms with E-state index in [2.05, 4.69) is 0 Å². The van der Waals surface area contributed by atoms with Crippen molar-refractivity contribution < 1.29 is 9.53 Å². The number of rotatable bonds is 1. The highest BCUT2D eigenvalue weighted by molar-refractivity contribution is 5.87. The summed E-state index contributed by atoms with van der Waals surface area (Å²) in [5.41, 5.74) is 0.0764. The summed E-state index contributed by atoms with van der Waals surface area (Å²) in [5, 5.41) is 0. The van der Waals surface area contributed by atoms with Crippen LogP contribution in [0.2, 0.25) is 0 Å². The lowest BCUT2D eigenvalue weighted by Gasteiger charge is -2.22. The van der Waals surface area contributed by atoms with Crippen LogP contribution in [-0.2, 0) is 9.53 Å². The summed E-state index contributed by atoms with van der Waals surface area (Å²) in [7, 11) is 1.51. The van der Waals surface area contributed by atoms with Crippen molar-refractivity contribution in [2.24, 2.45) is 23.2 Å². The van der Waals surface area contributed by atoms with Crippen LogP contribution >= 0.6 is 0 Å². The van der Waals surface area contributed by atoms with Crippen LogP contribution in [0.25, 0.3) is 0 Å². The van der Waals surface area contributed by atoms with Crippen molar-refractivity contribution in [3.8, 4) is 0 Å². The van der Waals surface area contributed by atoms with Crippen LogP contribution in [0.1, 0.15) is 19.3 Å². The van der Waals surface area contributed by atoms with Crippen molar-refractivity contribution >= 4 is 5.97 Å². The van der Waals surface area contributed by atoms with Gasteiger partial charge in [-0.2, -0.15) is 0 Å². The highest BCUT2D eigenvalue weighted by Crippen LogP contribution is 2.88. The molecular weight excluding hydrogens is 140 g/mol. The number of hydrogen-bond donors (Lipinski definition) is 0. The highest BCUT2D eigenvalue weighted by atomic mass is 16.5. The quantitative estimate of drug-likeness (QED) is 0.528. The number of carbonyl (C=O) groups excluding carboxylic acids is 1. The van der Waals surface area contributed by atoms with Gasteiger partial charge >= 0.3 is 5.97 Å². The number of fused-ring (bicyclic) bond motifs is 2. The number of methoxy groups -OCH3 is 1. The molecule has 0 amide bonds. The van der Waals surface area contributed by atoms with Gasteiger partial charge in [-0.15, -0.1) is 0 Å². The Bertz CT molecular complexity index is 212. The molecule has 0 aromatic carbocycles. The van der Waals surface area contributed by atoms with Crippen LogP contribution in [0.5, 0.6) is 0 Å². The monoisotopic (exact) mass is 152 g/mol. The number of ether oxygens (including phenoxy) is 1. The molecule has 11 heavy (non-hydrogen) atoms. The van der Waals surface area contributed by atoms with Crippen molar-refractivity contribution in [2.75, 3.05) is 7.11 Å². The molecule has 0 heterocycles. The van der Waals surface area contributed by atoms with Crippen LogP contribution in [-0.4, -0.2) is 13.1 Å². The molecule has 2 unspecified atom stereocenters. The third kappa shape index (κ3) is 0.420. The molecule has 0 radical (unpaired) electrons. The van der Waals surface area contributed by atoms with Crippen molar-refractivity contribution in [1.82, 2.24) is 0 Å². The van der Waals surface area contributed by atoms with Gasteiger partial charge in [-0.25, -0.2) is 0 Å². The third-order valence-corrected chi connectivity index (χ3v) is 4.00. The molecule has 3 fully saturated rings. The van der Waals surface area contributed by atoms with Crippen LogP contribution in [0.3, 0.4) is 0 Å². The summed E-state index contributed by atoms with van der Waals surface area (Å²) in [6, 6.07) is 0. The van der Waals surface area contributed by atoms with Gasteiger partial charge in [0.15, 0.2) is 0 Å². The van der Waals surface area contributed by atoms with Gasteiger partial charge in [-0.1, -0.05) is 6.42 Å². The summed E-state index contributed by atoms with van der Waals surface area (Å²) in [5.74, 6) is 2.29. The summed E-state index contributed by atoms with van der Waals surface area (Å²) in [6.45, 7) is 0. The Morgan fingerprint density at radius 2 is 2.09 bits per heavy atom. The molecule has 2 heteroatoms. The maximum atomic E-state index is 11.3. The molecule has 2 atom stereocenters. The molecule has 3 aliphatic carbocycles. The number of esters is 1. The van der Waals surface area contributed by atoms with E-state index in [9.17, 15) is 4.79 Å². The second kappa shape index (κ2) is 1.47. The van der Waals surface area contributed by atoms with E-state index < -0.39 is 0 Å². The standard InChI is InChI=1S/C9H12O2/c1-11-8(10)9-5-3-2-4-6(9)7(5)9/h5-7H,2-4H2,1H3. The summed E-state index contributed by atoms with van der Waals surface area (Å²) < 4.78 is 4.82. The molecular formula is C9H12O2. The maximum Gasteiger partial charge on any atom is 0.312 e. The van der Waals surface area contributed by atoms with Gasteiger partial charge < -0.3 is 4.74 Å². The van der Waals surface area contributed by atoms with E-state index >= 15 is 0 Å². The predicted octanol–water partition coefficient (Wildman–Crippen LogP) is 1.21. The molecule has 3 rings (SSSR count). The highest BCUT2D eigenvalue weighted by Gasteiger charge is 2.91. The number of carbonyl (C=O) groups is 1. The zero-order valence-electron chi connectivity index (χ0n) is 6.67. The zero-order valence-corrected chi connectivity index (χ0v) is 6.67. The minimum atomic E-state index is 0.0764. The third-order valence-electron chi connectivity index (χ3n) is 4.00. The first-order chi connectivity index (χ1) is 5.33. The fraction of sp³-hybridized carbons (Fsp3) is 0.889. The molecule has 3 aliphatic rings. The Hall–Kier alpha value is -0.530. The average Bonchev–Trinajstić information content (AvgIpc) is 2.92. The molecule has 0 spiro atoms. The SMILES string of the molecule is COC(=O)C12C3CCCC1C32. The average molecular weight is 152 g/mol. The van der Waals surface area contributed by atoms with E-state index in [1.165, 1.54) is 26.4 Å². The fourth-order valence-electron chi connectivity index (χ4n) is 3.47. The van der Waals surface area contributed by atoms with E-state index in [1.807, 2.05) is 0 Å². The Labute approximate surface area is 65.9 Å². The van der Waals surface area contributed by atoms with E-state index in [0.717, 1.165) is 17.8 Å². The normalized spacial score (nSPS) is 56.3. The number of hydrogen-bond acceptors (Lipinski definition) is 2. The minimum Gasteiger partial charge on any atom is -0.469 e. The summed E-state index contributed by atoms with van der Waals surface area (Å²) in [6.07, 6.45) is 3.89. The fourth-order valence-corrected chi connectivity index (χ4v) is 3.47. The largest absolute Gasteiger partial charge is 0.469 e. The van der Waals surface area contributed by atoms with E-state index in [4.69, 9.17) is 4.74 Å². The molecule has 0 saturated heterocycles. The lowest BCUT2D eigenvalue weighted by Crippen LogP contribution is -2.23. The first-order valence-corrected chi connectivity index (χ1v) is 4.42. The van der Waals surface area contributed by atoms with Gasteiger partial charge in [0.05, 0.1) is 12.5 Å². The molecule has 2 nitrogen and oxygen atoms in total. The van der Waals surface area contributed by atoms with Gasteiger partial charge in [0.2, 0.25) is 0 Å². The smallest absolute Gasteiger partial charge is 0.312 e. The van der Waals surface area contributed by atoms with Gasteiger partial charge in [0, 0.05) is 0 Å². The summed E-state index contributed by atoms with van der Waals surface area (Å²) >= 11 is 0. The van der Waals surface area contributed by atoms with Gasteiger partial charge in [0.1, 0.15) is 0 Å². The molecule has 60 valence electrons. The van der Waals surface area contributed by atoms with Gasteiger partial charge in [-0.05, 0) is 30.6 Å². The van der Waals surface area contributed by atoms with E-state index in [0.29, 0.717) is 0 Å². The maximum absolute atomic E-state index is 11.3. The van der Waals surface area contributed by atoms with E-state index in [-0.39, 0.29) is 11.4 Å². The van der Waals surface area contributed by atoms with Crippen molar-refractivity contribution in [3.05, 3.63) is 0 Å². The molecule has 0 aromatic rings. The Balaban J connectivity index is 1.86. The molecule has 0 bridgehead atoms. The minimum absolute atomic E-state index is 0.0764. The lowest BCUT2D eigenvalue weighted by atomic mass is 9.83. The van der Waals surface area contributed by atoms with Crippen molar-refractivity contribution in [3.63, 3.8) is 0 Å². The summed E-state index contributed by atoms with van der Waals surface area (Å²) in [4.78, 5) is 11.3. The molecule has 0 aliphatic heterocycles. The Morgan fingerprint density at radius 1 is 1.45 bits per heavy atom. The Kier molecular flexibility index (Phi) is 0.809. The topological polar surface area (TPSA) is 26.3 Å². The second-order valence-corrected chi connectivity index (χ2v) is 4.09. The van der Waals surface area contributed by atoms with Crippen LogP contribution in [0, 0.1) is 23.2 Å². The Morgan fingerprint density at radius 3 is 2.55 bits per heavy atom. The van der Waals surface area contributed by atoms with Gasteiger partial charge in [0.25, 0.3) is 0 Å². The van der Waals surface area contributed by atoms with Crippen LogP contribution in [0.4, 0.5) is 0 Å². The van der Waals surface area contributed by atoms with Crippen LogP contribution in [0.15, 0.2) is 0 Å². The first kappa shape index (κ1) is 6.04. The molecule has 0 aromatic heterocycles. The van der Waals surface area contributed by atoms with Crippen molar-refractivity contribution in [1.29, 1.82) is 0 Å². The molecule has 0 N–H and O–H groups in total.